The predicted molar refractivity (Wildman–Crippen MR) is 115 cm³/mol. The highest BCUT2D eigenvalue weighted by molar-refractivity contribution is 7.99. The molecule has 11 heteroatoms. The molecule has 1 atom stereocenters. The van der Waals surface area contributed by atoms with Gasteiger partial charge in [0.05, 0.1) is 30.6 Å². The topological polar surface area (TPSA) is 108 Å². The number of thiophene rings is 1. The first-order chi connectivity index (χ1) is 14.5. The molecule has 2 aromatic rings. The molecule has 1 N–H and O–H groups in total. The first kappa shape index (κ1) is 22.7. The number of nitrogens with one attached hydrogen (secondary N) is 1. The maximum Gasteiger partial charge on any atom is 0.341 e. The summed E-state index contributed by atoms with van der Waals surface area (Å²) < 4.78 is 12.5. The maximum atomic E-state index is 12.5. The van der Waals surface area contributed by atoms with Crippen molar-refractivity contribution in [3.05, 3.63) is 16.5 Å². The molecule has 0 spiro atoms. The summed E-state index contributed by atoms with van der Waals surface area (Å²) >= 11 is 2.60. The van der Waals surface area contributed by atoms with E-state index in [0.29, 0.717) is 28.2 Å². The third-order valence-corrected chi connectivity index (χ3v) is 6.36. The fourth-order valence-corrected chi connectivity index (χ4v) is 4.86. The molecule has 164 valence electrons. The normalized spacial score (nSPS) is 16.2. The molecule has 3 heterocycles. The lowest BCUT2D eigenvalue weighted by Gasteiger charge is -2.11. The Balaban J connectivity index is 1.62. The summed E-state index contributed by atoms with van der Waals surface area (Å²) in [5.41, 5.74) is 1.36. The van der Waals surface area contributed by atoms with E-state index in [4.69, 9.17) is 9.47 Å². The summed E-state index contributed by atoms with van der Waals surface area (Å²) in [6, 6.07) is 0. The summed E-state index contributed by atoms with van der Waals surface area (Å²) in [5.74, 6) is -0.117. The van der Waals surface area contributed by atoms with E-state index in [1.165, 1.54) is 23.1 Å². The molecule has 2 aromatic heterocycles. The van der Waals surface area contributed by atoms with Crippen LogP contribution >= 0.6 is 23.1 Å². The molecule has 1 aliphatic heterocycles. The summed E-state index contributed by atoms with van der Waals surface area (Å²) in [7, 11) is 0. The number of rotatable bonds is 10. The Bertz CT molecular complexity index is 861. The van der Waals surface area contributed by atoms with Gasteiger partial charge in [0.15, 0.2) is 0 Å². The van der Waals surface area contributed by atoms with Gasteiger partial charge in [0, 0.05) is 6.61 Å². The van der Waals surface area contributed by atoms with Gasteiger partial charge >= 0.3 is 5.97 Å². The fourth-order valence-electron chi connectivity index (χ4n) is 3.19. The fraction of sp³-hybridized carbons (Fsp3) is 0.632. The number of carbonyl (C=O) groups excluding carboxylic acids is 2. The number of amides is 1. The second kappa shape index (κ2) is 10.9. The first-order valence-corrected chi connectivity index (χ1v) is 11.9. The summed E-state index contributed by atoms with van der Waals surface area (Å²) in [4.78, 5) is 25.0. The van der Waals surface area contributed by atoms with Crippen molar-refractivity contribution in [2.75, 3.05) is 24.3 Å². The van der Waals surface area contributed by atoms with Crippen LogP contribution in [-0.4, -0.2) is 57.2 Å². The smallest absolute Gasteiger partial charge is 0.341 e. The third-order valence-electron chi connectivity index (χ3n) is 4.46. The quantitative estimate of drug-likeness (QED) is 0.432. The number of thioether (sulfide) groups is 1. The monoisotopic (exact) mass is 453 g/mol. The molecule has 3 rings (SSSR count). The Kier molecular flexibility index (Phi) is 8.23. The molecule has 0 unspecified atom stereocenters. The predicted octanol–water partition coefficient (Wildman–Crippen LogP) is 3.02. The van der Waals surface area contributed by atoms with Crippen LogP contribution in [0.15, 0.2) is 10.5 Å². The van der Waals surface area contributed by atoms with Crippen LogP contribution in [-0.2, 0) is 27.2 Å². The molecule has 0 aromatic carbocycles. The van der Waals surface area contributed by atoms with Crippen molar-refractivity contribution in [3.63, 3.8) is 0 Å². The van der Waals surface area contributed by atoms with Gasteiger partial charge < -0.3 is 14.8 Å². The Hall–Kier alpha value is -1.98. The van der Waals surface area contributed by atoms with Gasteiger partial charge in [0.1, 0.15) is 5.00 Å². The van der Waals surface area contributed by atoms with Crippen molar-refractivity contribution >= 4 is 40.0 Å². The zero-order chi connectivity index (χ0) is 21.5. The van der Waals surface area contributed by atoms with E-state index < -0.39 is 5.97 Å². The summed E-state index contributed by atoms with van der Waals surface area (Å²) in [6.07, 6.45) is 2.88. The van der Waals surface area contributed by atoms with Crippen molar-refractivity contribution in [1.29, 1.82) is 0 Å². The van der Waals surface area contributed by atoms with Crippen molar-refractivity contribution in [3.8, 4) is 0 Å². The molecule has 0 saturated carbocycles. The molecular formula is C19H27N5O4S2. The van der Waals surface area contributed by atoms with Crippen LogP contribution in [0.4, 0.5) is 5.00 Å². The van der Waals surface area contributed by atoms with E-state index in [-0.39, 0.29) is 24.4 Å². The summed E-state index contributed by atoms with van der Waals surface area (Å²) in [6.45, 7) is 7.56. The molecule has 1 aliphatic rings. The number of nitrogens with zero attached hydrogens (tertiary/aromatic N) is 4. The average Bonchev–Trinajstić information content (AvgIpc) is 3.43. The number of hydrogen-bond donors (Lipinski definition) is 1. The van der Waals surface area contributed by atoms with Crippen LogP contribution in [0.25, 0.3) is 0 Å². The summed E-state index contributed by atoms with van der Waals surface area (Å²) in [5, 5.41) is 17.6. The molecule has 0 bridgehead atoms. The van der Waals surface area contributed by atoms with Gasteiger partial charge in [0.2, 0.25) is 11.1 Å². The van der Waals surface area contributed by atoms with Gasteiger partial charge in [-0.2, -0.15) is 0 Å². The standard InChI is InChI=1S/C19H27N5O4S2/c1-4-27-18(26)16-13(8-12(2)3)10-29-17(16)20-15(25)11-30-19-21-22-23-24(19)9-14-6-5-7-28-14/h10,12,14H,4-9,11H2,1-3H3,(H,20,25)/t14-/m0/s1. The SMILES string of the molecule is CCOC(=O)c1c(CC(C)C)csc1NC(=O)CSc1nnnn1C[C@@H]1CCCO1. The van der Waals surface area contributed by atoms with E-state index in [9.17, 15) is 9.59 Å². The lowest BCUT2D eigenvalue weighted by atomic mass is 10.0. The van der Waals surface area contributed by atoms with Gasteiger partial charge in [-0.3, -0.25) is 4.79 Å². The van der Waals surface area contributed by atoms with Crippen LogP contribution in [0.5, 0.6) is 0 Å². The first-order valence-electron chi connectivity index (χ1n) is 10.1. The van der Waals surface area contributed by atoms with Crippen LogP contribution in [0.2, 0.25) is 0 Å². The van der Waals surface area contributed by atoms with Gasteiger partial charge in [-0.15, -0.1) is 16.4 Å². The molecule has 0 aliphatic carbocycles. The highest BCUT2D eigenvalue weighted by atomic mass is 32.2. The molecule has 9 nitrogen and oxygen atoms in total. The Labute approximate surface area is 183 Å². The molecule has 0 radical (unpaired) electrons. The van der Waals surface area contributed by atoms with Crippen LogP contribution in [0.1, 0.15) is 49.5 Å². The third kappa shape index (κ3) is 6.02. The zero-order valence-corrected chi connectivity index (χ0v) is 19.1. The molecular weight excluding hydrogens is 426 g/mol. The molecule has 1 fully saturated rings. The van der Waals surface area contributed by atoms with Crippen LogP contribution in [0, 0.1) is 5.92 Å². The van der Waals surface area contributed by atoms with Crippen molar-refractivity contribution in [2.24, 2.45) is 5.92 Å². The second-order valence-corrected chi connectivity index (χ2v) is 9.22. The van der Waals surface area contributed by atoms with Gasteiger partial charge in [-0.1, -0.05) is 25.6 Å². The number of aromatic nitrogens is 4. The highest BCUT2D eigenvalue weighted by Crippen LogP contribution is 2.31. The minimum atomic E-state index is -0.405. The van der Waals surface area contributed by atoms with Crippen LogP contribution < -0.4 is 5.32 Å². The van der Waals surface area contributed by atoms with Gasteiger partial charge in [0.25, 0.3) is 0 Å². The van der Waals surface area contributed by atoms with Crippen LogP contribution in [0.3, 0.4) is 0 Å². The maximum absolute atomic E-state index is 12.5. The average molecular weight is 454 g/mol. The number of tetrazole rings is 1. The molecule has 1 amide bonds. The van der Waals surface area contributed by atoms with Crippen molar-refractivity contribution in [1.82, 2.24) is 20.2 Å². The minimum Gasteiger partial charge on any atom is -0.462 e. The van der Waals surface area contributed by atoms with Crippen molar-refractivity contribution < 1.29 is 19.1 Å². The lowest BCUT2D eigenvalue weighted by molar-refractivity contribution is -0.113. The minimum absolute atomic E-state index is 0.110. The number of anilines is 1. The van der Waals surface area contributed by atoms with Crippen molar-refractivity contribution in [2.45, 2.75) is 57.8 Å². The van der Waals surface area contributed by atoms with E-state index in [2.05, 4.69) is 34.7 Å². The number of ether oxygens (including phenoxy) is 2. The van der Waals surface area contributed by atoms with E-state index in [1.54, 1.807) is 11.6 Å². The molecule has 30 heavy (non-hydrogen) atoms. The molecule has 1 saturated heterocycles. The van der Waals surface area contributed by atoms with E-state index >= 15 is 0 Å². The van der Waals surface area contributed by atoms with E-state index in [1.807, 2.05) is 5.38 Å². The lowest BCUT2D eigenvalue weighted by Crippen LogP contribution is -2.19. The number of hydrogen-bond acceptors (Lipinski definition) is 9. The van der Waals surface area contributed by atoms with Gasteiger partial charge in [-0.05, 0) is 53.5 Å². The Morgan fingerprint density at radius 2 is 2.30 bits per heavy atom. The second-order valence-electron chi connectivity index (χ2n) is 7.40. The number of esters is 1. The highest BCUT2D eigenvalue weighted by Gasteiger charge is 2.23. The zero-order valence-electron chi connectivity index (χ0n) is 17.4. The number of carbonyl (C=O) groups is 2. The Morgan fingerprint density at radius 1 is 1.47 bits per heavy atom. The van der Waals surface area contributed by atoms with Gasteiger partial charge in [-0.25, -0.2) is 9.48 Å². The largest absolute Gasteiger partial charge is 0.462 e. The van der Waals surface area contributed by atoms with E-state index in [0.717, 1.165) is 31.4 Å². The Morgan fingerprint density at radius 3 is 3.00 bits per heavy atom.